The molecule has 6 nitrogen and oxygen atoms in total. The van der Waals surface area contributed by atoms with Crippen LogP contribution in [0.5, 0.6) is 0 Å². The van der Waals surface area contributed by atoms with E-state index in [0.717, 1.165) is 11.1 Å². The summed E-state index contributed by atoms with van der Waals surface area (Å²) in [5.74, 6) is -0.597. The molecule has 0 saturated heterocycles. The minimum atomic E-state index is -3.86. The first-order chi connectivity index (χ1) is 11.9. The summed E-state index contributed by atoms with van der Waals surface area (Å²) < 4.78 is 34.1. The maximum absolute atomic E-state index is 12.0. The molecular formula is C18H21NO5S. The molecule has 0 saturated carbocycles. The maximum Gasteiger partial charge on any atom is 0.323 e. The Balaban J connectivity index is 1.78. The Morgan fingerprint density at radius 1 is 1.08 bits per heavy atom. The van der Waals surface area contributed by atoms with Gasteiger partial charge in [0.15, 0.2) is 0 Å². The molecule has 0 radical (unpaired) electrons. The highest BCUT2D eigenvalue weighted by Gasteiger charge is 2.19. The number of carbonyl (C=O) groups excluding carboxylic acids is 1. The molecule has 0 aliphatic heterocycles. The fourth-order valence-electron chi connectivity index (χ4n) is 2.01. The topological polar surface area (TPSA) is 95.7 Å². The van der Waals surface area contributed by atoms with E-state index in [9.17, 15) is 13.2 Å². The average Bonchev–Trinajstić information content (AvgIpc) is 2.60. The molecule has 1 unspecified atom stereocenters. The van der Waals surface area contributed by atoms with Crippen LogP contribution in [0.25, 0.3) is 0 Å². The number of rotatable bonds is 8. The highest BCUT2D eigenvalue weighted by Crippen LogP contribution is 2.13. The van der Waals surface area contributed by atoms with Gasteiger partial charge in [0.25, 0.3) is 10.1 Å². The molecule has 0 amide bonds. The summed E-state index contributed by atoms with van der Waals surface area (Å²) >= 11 is 0. The molecule has 2 N–H and O–H groups in total. The van der Waals surface area contributed by atoms with Crippen molar-refractivity contribution >= 4 is 16.1 Å². The number of ether oxygens (including phenoxy) is 1. The molecule has 0 aliphatic carbocycles. The van der Waals surface area contributed by atoms with E-state index in [1.165, 1.54) is 12.1 Å². The van der Waals surface area contributed by atoms with Crippen molar-refractivity contribution < 1.29 is 22.1 Å². The van der Waals surface area contributed by atoms with Gasteiger partial charge in [-0.15, -0.1) is 0 Å². The van der Waals surface area contributed by atoms with Crippen LogP contribution in [-0.4, -0.2) is 27.0 Å². The lowest BCUT2D eigenvalue weighted by Crippen LogP contribution is -2.33. The first-order valence-corrected chi connectivity index (χ1v) is 9.21. The van der Waals surface area contributed by atoms with E-state index < -0.39 is 22.1 Å². The number of benzene rings is 2. The van der Waals surface area contributed by atoms with Crippen molar-refractivity contribution in [1.29, 1.82) is 0 Å². The third-order valence-electron chi connectivity index (χ3n) is 3.50. The van der Waals surface area contributed by atoms with Gasteiger partial charge in [-0.1, -0.05) is 48.0 Å². The van der Waals surface area contributed by atoms with E-state index in [-0.39, 0.29) is 24.5 Å². The smallest absolute Gasteiger partial charge is 0.323 e. The lowest BCUT2D eigenvalue weighted by Gasteiger charge is -2.12. The second kappa shape index (κ2) is 8.75. The van der Waals surface area contributed by atoms with Crippen LogP contribution in [-0.2, 0) is 30.4 Å². The minimum Gasteiger partial charge on any atom is -0.460 e. The molecule has 0 aromatic heterocycles. The van der Waals surface area contributed by atoms with Crippen LogP contribution >= 0.6 is 0 Å². The van der Waals surface area contributed by atoms with Crippen LogP contribution in [0.1, 0.15) is 17.5 Å². The molecule has 0 fully saturated rings. The standard InChI is InChI=1S/C18H21NO5S/c1-14-7-9-16(10-8-14)25(21,22)24-12-11-17(19)18(20)23-13-15-5-3-2-4-6-15/h2-10,17H,11-13,19H2,1H3. The van der Waals surface area contributed by atoms with Crippen molar-refractivity contribution in [2.75, 3.05) is 6.61 Å². The molecule has 1 atom stereocenters. The van der Waals surface area contributed by atoms with Crippen LogP contribution in [0.3, 0.4) is 0 Å². The molecule has 0 spiro atoms. The van der Waals surface area contributed by atoms with E-state index in [1.54, 1.807) is 12.1 Å². The molecule has 0 aliphatic rings. The van der Waals surface area contributed by atoms with E-state index in [0.29, 0.717) is 0 Å². The monoisotopic (exact) mass is 363 g/mol. The Morgan fingerprint density at radius 2 is 1.72 bits per heavy atom. The highest BCUT2D eigenvalue weighted by molar-refractivity contribution is 7.86. The van der Waals surface area contributed by atoms with Crippen molar-refractivity contribution in [1.82, 2.24) is 0 Å². The third kappa shape index (κ3) is 5.97. The predicted molar refractivity (Wildman–Crippen MR) is 93.1 cm³/mol. The number of carbonyl (C=O) groups is 1. The quantitative estimate of drug-likeness (QED) is 0.570. The van der Waals surface area contributed by atoms with Gasteiger partial charge in [0.05, 0.1) is 11.5 Å². The molecule has 2 aromatic rings. The molecule has 134 valence electrons. The summed E-state index contributed by atoms with van der Waals surface area (Å²) in [5, 5.41) is 0. The molecule has 25 heavy (non-hydrogen) atoms. The van der Waals surface area contributed by atoms with E-state index >= 15 is 0 Å². The van der Waals surface area contributed by atoms with E-state index in [4.69, 9.17) is 14.7 Å². The predicted octanol–water partition coefficient (Wildman–Crippen LogP) is 2.16. The van der Waals surface area contributed by atoms with Gasteiger partial charge in [-0.2, -0.15) is 8.42 Å². The summed E-state index contributed by atoms with van der Waals surface area (Å²) in [6.45, 7) is 1.78. The minimum absolute atomic E-state index is 0.0404. The number of hydrogen-bond donors (Lipinski definition) is 1. The first kappa shape index (κ1) is 19.1. The van der Waals surface area contributed by atoms with Gasteiger partial charge >= 0.3 is 5.97 Å². The lowest BCUT2D eigenvalue weighted by atomic mass is 10.2. The summed E-state index contributed by atoms with van der Waals surface area (Å²) in [5.41, 5.74) is 7.51. The Hall–Kier alpha value is -2.22. The number of nitrogens with two attached hydrogens (primary N) is 1. The Morgan fingerprint density at radius 3 is 2.36 bits per heavy atom. The van der Waals surface area contributed by atoms with Crippen LogP contribution in [0.4, 0.5) is 0 Å². The zero-order valence-electron chi connectivity index (χ0n) is 13.9. The van der Waals surface area contributed by atoms with Crippen LogP contribution in [0, 0.1) is 6.92 Å². The zero-order chi connectivity index (χ0) is 18.3. The summed E-state index contributed by atoms with van der Waals surface area (Å²) in [7, 11) is -3.86. The average molecular weight is 363 g/mol. The summed E-state index contributed by atoms with van der Waals surface area (Å²) in [6, 6.07) is 14.6. The largest absolute Gasteiger partial charge is 0.460 e. The number of esters is 1. The van der Waals surface area contributed by atoms with Crippen molar-refractivity contribution in [3.63, 3.8) is 0 Å². The van der Waals surface area contributed by atoms with Gasteiger partial charge in [-0.25, -0.2) is 0 Å². The molecule has 7 heteroatoms. The number of aryl methyl sites for hydroxylation is 1. The van der Waals surface area contributed by atoms with Crippen molar-refractivity contribution in [3.05, 3.63) is 65.7 Å². The fourth-order valence-corrected chi connectivity index (χ4v) is 2.93. The highest BCUT2D eigenvalue weighted by atomic mass is 32.2. The zero-order valence-corrected chi connectivity index (χ0v) is 14.7. The lowest BCUT2D eigenvalue weighted by molar-refractivity contribution is -0.146. The van der Waals surface area contributed by atoms with Crippen molar-refractivity contribution in [2.24, 2.45) is 5.73 Å². The Bertz CT molecular complexity index is 788. The number of hydrogen-bond acceptors (Lipinski definition) is 6. The first-order valence-electron chi connectivity index (χ1n) is 7.81. The van der Waals surface area contributed by atoms with Gasteiger partial charge in [0, 0.05) is 0 Å². The molecule has 2 aromatic carbocycles. The van der Waals surface area contributed by atoms with Gasteiger partial charge in [0.1, 0.15) is 12.6 Å². The molecule has 2 rings (SSSR count). The van der Waals surface area contributed by atoms with Crippen LogP contribution in [0.2, 0.25) is 0 Å². The second-order valence-electron chi connectivity index (χ2n) is 5.58. The van der Waals surface area contributed by atoms with E-state index in [1.807, 2.05) is 37.3 Å². The van der Waals surface area contributed by atoms with Crippen LogP contribution < -0.4 is 5.73 Å². The molecule has 0 bridgehead atoms. The Labute approximate surface area is 147 Å². The Kier molecular flexibility index (Phi) is 6.69. The van der Waals surface area contributed by atoms with Crippen LogP contribution in [0.15, 0.2) is 59.5 Å². The van der Waals surface area contributed by atoms with Gasteiger partial charge in [0.2, 0.25) is 0 Å². The fraction of sp³-hybridized carbons (Fsp3) is 0.278. The normalized spacial score (nSPS) is 12.6. The SMILES string of the molecule is Cc1ccc(S(=O)(=O)OCCC(N)C(=O)OCc2ccccc2)cc1. The van der Waals surface area contributed by atoms with E-state index in [2.05, 4.69) is 0 Å². The van der Waals surface area contributed by atoms with Crippen molar-refractivity contribution in [3.8, 4) is 0 Å². The maximum atomic E-state index is 12.0. The molecule has 0 heterocycles. The third-order valence-corrected chi connectivity index (χ3v) is 4.83. The molecular weight excluding hydrogens is 342 g/mol. The van der Waals surface area contributed by atoms with Gasteiger partial charge in [-0.05, 0) is 31.0 Å². The second-order valence-corrected chi connectivity index (χ2v) is 7.19. The van der Waals surface area contributed by atoms with Gasteiger partial charge in [-0.3, -0.25) is 8.98 Å². The summed E-state index contributed by atoms with van der Waals surface area (Å²) in [6.07, 6.45) is 0.0404. The van der Waals surface area contributed by atoms with Gasteiger partial charge < -0.3 is 10.5 Å². The summed E-state index contributed by atoms with van der Waals surface area (Å²) in [4.78, 5) is 11.9. The van der Waals surface area contributed by atoms with Crippen molar-refractivity contribution in [2.45, 2.75) is 30.9 Å².